The van der Waals surface area contributed by atoms with Gasteiger partial charge in [-0.05, 0) is 48.8 Å². The Balaban J connectivity index is 1.99. The van der Waals surface area contributed by atoms with Crippen molar-refractivity contribution in [3.8, 4) is 5.75 Å². The van der Waals surface area contributed by atoms with E-state index < -0.39 is 11.1 Å². The van der Waals surface area contributed by atoms with Crippen LogP contribution in [-0.4, -0.2) is 22.3 Å². The second-order valence-electron chi connectivity index (χ2n) is 8.88. The second kappa shape index (κ2) is 7.75. The minimum atomic E-state index is -0.848. The monoisotopic (exact) mass is 403 g/mol. The molecular weight excluding hydrogens is 374 g/mol. The van der Waals surface area contributed by atoms with E-state index >= 15 is 0 Å². The fourth-order valence-electron chi connectivity index (χ4n) is 5.49. The first-order valence-electron chi connectivity index (χ1n) is 10.8. The molecule has 0 saturated heterocycles. The molecule has 0 aromatic heterocycles. The highest BCUT2D eigenvalue weighted by molar-refractivity contribution is 6.13. The number of carbonyl (C=O) groups is 2. The molecule has 1 saturated carbocycles. The standard InChI is InChI=1S/C26H29NO3/c1-19(2)25(27-23(28)14-15-24(27)29)17-16-20(3)18-26(25,21-10-6-4-7-11-21)30-22-12-8-5-9-13-22/h4-15,19-20H,16-18H2,1-3H3. The van der Waals surface area contributed by atoms with Crippen molar-refractivity contribution >= 4 is 11.8 Å². The van der Waals surface area contributed by atoms with Gasteiger partial charge in [-0.25, -0.2) is 0 Å². The van der Waals surface area contributed by atoms with Crippen LogP contribution in [0.5, 0.6) is 5.75 Å². The molecule has 2 aliphatic rings. The van der Waals surface area contributed by atoms with E-state index in [0.29, 0.717) is 12.3 Å². The lowest BCUT2D eigenvalue weighted by atomic mass is 9.57. The molecule has 4 nitrogen and oxygen atoms in total. The highest BCUT2D eigenvalue weighted by Crippen LogP contribution is 2.56. The van der Waals surface area contributed by atoms with E-state index in [1.165, 1.54) is 17.1 Å². The topological polar surface area (TPSA) is 46.6 Å². The Morgan fingerprint density at radius 3 is 2.07 bits per heavy atom. The van der Waals surface area contributed by atoms with Gasteiger partial charge in [0.15, 0.2) is 5.60 Å². The van der Waals surface area contributed by atoms with Crippen LogP contribution in [0.25, 0.3) is 0 Å². The number of imide groups is 1. The van der Waals surface area contributed by atoms with Crippen LogP contribution in [0.1, 0.15) is 45.6 Å². The largest absolute Gasteiger partial charge is 0.480 e. The van der Waals surface area contributed by atoms with Crippen molar-refractivity contribution < 1.29 is 14.3 Å². The summed E-state index contributed by atoms with van der Waals surface area (Å²) < 4.78 is 6.91. The highest BCUT2D eigenvalue weighted by atomic mass is 16.5. The fraction of sp³-hybridized carbons (Fsp3) is 0.385. The first kappa shape index (κ1) is 20.4. The summed E-state index contributed by atoms with van der Waals surface area (Å²) >= 11 is 0. The number of hydrogen-bond acceptors (Lipinski definition) is 3. The molecule has 156 valence electrons. The van der Waals surface area contributed by atoms with E-state index in [9.17, 15) is 9.59 Å². The van der Waals surface area contributed by atoms with E-state index in [4.69, 9.17) is 4.74 Å². The van der Waals surface area contributed by atoms with Gasteiger partial charge in [0.25, 0.3) is 11.8 Å². The SMILES string of the molecule is CC1CCC(C(C)C)(N2C(=O)C=CC2=O)C(Oc2ccccc2)(c2ccccc2)C1. The van der Waals surface area contributed by atoms with Gasteiger partial charge < -0.3 is 4.74 Å². The summed E-state index contributed by atoms with van der Waals surface area (Å²) in [7, 11) is 0. The van der Waals surface area contributed by atoms with Gasteiger partial charge in [-0.3, -0.25) is 14.5 Å². The maximum Gasteiger partial charge on any atom is 0.254 e. The van der Waals surface area contributed by atoms with E-state index in [2.05, 4.69) is 32.9 Å². The molecule has 3 atom stereocenters. The van der Waals surface area contributed by atoms with Gasteiger partial charge in [0.1, 0.15) is 5.75 Å². The van der Waals surface area contributed by atoms with Gasteiger partial charge in [-0.15, -0.1) is 0 Å². The molecule has 4 rings (SSSR count). The molecule has 3 unspecified atom stereocenters. The summed E-state index contributed by atoms with van der Waals surface area (Å²) in [5.41, 5.74) is -0.644. The minimum absolute atomic E-state index is 0.00159. The molecule has 0 N–H and O–H groups in total. The zero-order valence-electron chi connectivity index (χ0n) is 17.9. The molecular formula is C26H29NO3. The summed E-state index contributed by atoms with van der Waals surface area (Å²) in [5.74, 6) is 0.635. The van der Waals surface area contributed by atoms with E-state index in [0.717, 1.165) is 24.2 Å². The average molecular weight is 404 g/mol. The van der Waals surface area contributed by atoms with E-state index in [-0.39, 0.29) is 17.7 Å². The van der Waals surface area contributed by atoms with Crippen LogP contribution in [0.15, 0.2) is 72.8 Å². The first-order chi connectivity index (χ1) is 14.4. The quantitative estimate of drug-likeness (QED) is 0.653. The third-order valence-electron chi connectivity index (χ3n) is 6.79. The molecule has 2 aromatic carbocycles. The maximum atomic E-state index is 13.0. The molecule has 1 heterocycles. The van der Waals surface area contributed by atoms with Crippen molar-refractivity contribution in [1.82, 2.24) is 4.90 Å². The van der Waals surface area contributed by atoms with Crippen LogP contribution >= 0.6 is 0 Å². The highest BCUT2D eigenvalue weighted by Gasteiger charge is 2.64. The number of amides is 2. The van der Waals surface area contributed by atoms with Crippen LogP contribution in [0.2, 0.25) is 0 Å². The number of hydrogen-bond donors (Lipinski definition) is 0. The normalized spacial score (nSPS) is 28.9. The van der Waals surface area contributed by atoms with Gasteiger partial charge in [-0.2, -0.15) is 0 Å². The first-order valence-corrected chi connectivity index (χ1v) is 10.8. The number of nitrogens with zero attached hydrogens (tertiary/aromatic N) is 1. The molecule has 1 aliphatic carbocycles. The van der Waals surface area contributed by atoms with Crippen LogP contribution in [0.4, 0.5) is 0 Å². The Morgan fingerprint density at radius 1 is 0.933 bits per heavy atom. The molecule has 1 aliphatic heterocycles. The summed E-state index contributed by atoms with van der Waals surface area (Å²) in [4.78, 5) is 27.5. The lowest BCUT2D eigenvalue weighted by Crippen LogP contribution is -2.71. The molecule has 1 fully saturated rings. The number of ether oxygens (including phenoxy) is 1. The van der Waals surface area contributed by atoms with Gasteiger partial charge >= 0.3 is 0 Å². The van der Waals surface area contributed by atoms with Gasteiger partial charge in [-0.1, -0.05) is 69.3 Å². The Morgan fingerprint density at radius 2 is 1.50 bits per heavy atom. The molecule has 30 heavy (non-hydrogen) atoms. The van der Waals surface area contributed by atoms with E-state index in [1.54, 1.807) is 0 Å². The van der Waals surface area contributed by atoms with Crippen LogP contribution < -0.4 is 4.74 Å². The Hall–Kier alpha value is -2.88. The summed E-state index contributed by atoms with van der Waals surface area (Å²) in [6.07, 6.45) is 5.14. The van der Waals surface area contributed by atoms with Crippen LogP contribution in [0.3, 0.4) is 0 Å². The lowest BCUT2D eigenvalue weighted by Gasteiger charge is -2.59. The zero-order chi connectivity index (χ0) is 21.4. The maximum absolute atomic E-state index is 13.0. The number of carbonyl (C=O) groups excluding carboxylic acids is 2. The molecule has 2 amide bonds. The zero-order valence-corrected chi connectivity index (χ0v) is 17.9. The molecule has 0 bridgehead atoms. The van der Waals surface area contributed by atoms with Gasteiger partial charge in [0.2, 0.25) is 0 Å². The van der Waals surface area contributed by atoms with E-state index in [1.807, 2.05) is 48.5 Å². The third-order valence-corrected chi connectivity index (χ3v) is 6.79. The van der Waals surface area contributed by atoms with Crippen molar-refractivity contribution in [1.29, 1.82) is 0 Å². The van der Waals surface area contributed by atoms with Gasteiger partial charge in [0, 0.05) is 12.2 Å². The Kier molecular flexibility index (Phi) is 5.27. The number of benzene rings is 2. The smallest absolute Gasteiger partial charge is 0.254 e. The van der Waals surface area contributed by atoms with Crippen LogP contribution in [-0.2, 0) is 15.2 Å². The number of para-hydroxylation sites is 1. The lowest BCUT2D eigenvalue weighted by molar-refractivity contribution is -0.179. The minimum Gasteiger partial charge on any atom is -0.480 e. The predicted molar refractivity (Wildman–Crippen MR) is 117 cm³/mol. The van der Waals surface area contributed by atoms with Crippen molar-refractivity contribution in [2.45, 2.75) is 51.2 Å². The molecule has 2 aromatic rings. The number of rotatable bonds is 5. The van der Waals surface area contributed by atoms with Crippen molar-refractivity contribution in [2.24, 2.45) is 11.8 Å². The summed E-state index contributed by atoms with van der Waals surface area (Å²) in [5, 5.41) is 0. The molecule has 0 spiro atoms. The van der Waals surface area contributed by atoms with Crippen molar-refractivity contribution in [2.75, 3.05) is 0 Å². The summed E-state index contributed by atoms with van der Waals surface area (Å²) in [6, 6.07) is 19.9. The molecule has 4 heteroatoms. The Labute approximate surface area is 178 Å². The van der Waals surface area contributed by atoms with Crippen molar-refractivity contribution in [3.63, 3.8) is 0 Å². The van der Waals surface area contributed by atoms with Crippen molar-refractivity contribution in [3.05, 3.63) is 78.4 Å². The third kappa shape index (κ3) is 3.06. The van der Waals surface area contributed by atoms with Gasteiger partial charge in [0.05, 0.1) is 5.54 Å². The predicted octanol–water partition coefficient (Wildman–Crippen LogP) is 5.10. The second-order valence-corrected chi connectivity index (χ2v) is 8.88. The summed E-state index contributed by atoms with van der Waals surface area (Å²) in [6.45, 7) is 6.42. The Bertz CT molecular complexity index is 935. The average Bonchev–Trinajstić information content (AvgIpc) is 3.08. The van der Waals surface area contributed by atoms with Crippen LogP contribution in [0, 0.1) is 11.8 Å². The molecule has 0 radical (unpaired) electrons. The fourth-order valence-corrected chi connectivity index (χ4v) is 5.49.